The molecule has 10 radical (unpaired) electrons. The predicted molar refractivity (Wildman–Crippen MR) is 90.0 cm³/mol. The molecule has 1 aliphatic heterocycles. The van der Waals surface area contributed by atoms with Gasteiger partial charge < -0.3 is 5.73 Å². The molecular formula is C12H8B6ClNO. The lowest BCUT2D eigenvalue weighted by Gasteiger charge is -2.65. The summed E-state index contributed by atoms with van der Waals surface area (Å²) in [5, 5.41) is -5.25. The Balaban J connectivity index is 2.37. The van der Waals surface area contributed by atoms with Crippen molar-refractivity contribution in [1.82, 2.24) is 0 Å². The van der Waals surface area contributed by atoms with Gasteiger partial charge in [-0.25, -0.2) is 0 Å². The van der Waals surface area contributed by atoms with Crippen molar-refractivity contribution in [2.24, 2.45) is 5.73 Å². The molecule has 2 atom stereocenters. The maximum absolute atomic E-state index is 12.7. The highest BCUT2D eigenvalue weighted by molar-refractivity contribution is 7.20. The molecule has 9 heteroatoms. The molecule has 2 nitrogen and oxygen atoms in total. The Morgan fingerprint density at radius 3 is 2.33 bits per heavy atom. The van der Waals surface area contributed by atoms with Crippen LogP contribution >= 0.6 is 11.5 Å². The molecule has 92 valence electrons. The Morgan fingerprint density at radius 2 is 1.71 bits per heavy atom. The molecule has 21 heavy (non-hydrogen) atoms. The molecule has 2 unspecified atom stereocenters. The number of nitrogens with two attached hydrogens (primary N) is 1. The number of halogens is 1. The van der Waals surface area contributed by atoms with Gasteiger partial charge in [0.25, 0.3) is 6.13 Å². The van der Waals surface area contributed by atoms with Gasteiger partial charge in [-0.05, 0) is 17.2 Å². The lowest BCUT2D eigenvalue weighted by atomic mass is 9.10. The molecule has 1 aliphatic carbocycles. The first-order valence-electron chi connectivity index (χ1n) is 6.52. The maximum Gasteiger partial charge on any atom is 0.282 e. The summed E-state index contributed by atoms with van der Waals surface area (Å²) in [6.07, 6.45) is -1.17. The Kier molecular flexibility index (Phi) is 3.00. The van der Waals surface area contributed by atoms with Crippen molar-refractivity contribution >= 4 is 68.1 Å². The summed E-state index contributed by atoms with van der Waals surface area (Å²) >= 11 is 6.50. The Hall–Kier alpha value is -0.470. The third-order valence-corrected chi connectivity index (χ3v) is 5.64. The number of carbonyl (C=O) groups is 1. The van der Waals surface area contributed by atoms with Gasteiger partial charge in [-0.2, -0.15) is 11.5 Å². The predicted octanol–water partition coefficient (Wildman–Crippen LogP) is -0.963. The van der Waals surface area contributed by atoms with Gasteiger partial charge in [0.2, 0.25) is 0 Å². The summed E-state index contributed by atoms with van der Waals surface area (Å²) < 4.78 is 0. The topological polar surface area (TPSA) is 43.1 Å². The smallest absolute Gasteiger partial charge is 0.282 e. The summed E-state index contributed by atoms with van der Waals surface area (Å²) in [7, 11) is 30.7. The van der Waals surface area contributed by atoms with Crippen molar-refractivity contribution in [1.29, 1.82) is 0 Å². The van der Waals surface area contributed by atoms with Crippen molar-refractivity contribution in [2.75, 3.05) is 0 Å². The zero-order chi connectivity index (χ0) is 15.8. The molecule has 0 amide bonds. The lowest BCUT2D eigenvalue weighted by Crippen LogP contribution is -2.67. The molecule has 2 N–H and O–H groups in total. The third kappa shape index (κ3) is 1.44. The third-order valence-electron chi connectivity index (χ3n) is 5.06. The van der Waals surface area contributed by atoms with Crippen molar-refractivity contribution in [2.45, 2.75) is 27.6 Å². The second kappa shape index (κ2) is 4.08. The number of hydrogen-bond acceptors (Lipinski definition) is 2. The van der Waals surface area contributed by atoms with Crippen LogP contribution in [0.5, 0.6) is 0 Å². The van der Waals surface area contributed by atoms with Gasteiger partial charge >= 0.3 is 0 Å². The van der Waals surface area contributed by atoms with Crippen LogP contribution in [0.1, 0.15) is 12.0 Å². The van der Waals surface area contributed by atoms with E-state index in [0.717, 1.165) is 0 Å². The zero-order valence-corrected chi connectivity index (χ0v) is 12.1. The molecule has 1 saturated carbocycles. The molecule has 0 bridgehead atoms. The van der Waals surface area contributed by atoms with Crippen molar-refractivity contribution in [3.8, 4) is 0 Å². The number of carbonyl (C=O) groups excluding carboxylic acids is 1. The van der Waals surface area contributed by atoms with Gasteiger partial charge in [-0.1, -0.05) is 29.7 Å². The first kappa shape index (κ1) is 15.4. The maximum atomic E-state index is 12.7. The fourth-order valence-electron chi connectivity index (χ4n) is 3.60. The van der Waals surface area contributed by atoms with Gasteiger partial charge in [-0.3, -0.25) is 4.79 Å². The number of rotatable bonds is 0. The van der Waals surface area contributed by atoms with Crippen LogP contribution in [0.25, 0.3) is 0 Å². The normalized spacial score (nSPS) is 36.1. The standard InChI is InChI=1S/C12H8B6ClNO/c13-9(14)5-8(21)10(20)6-3-1-2-4-7(6)18(19)12(10,17)11(9,15)16/h1-4H,5,20H2. The molecule has 3 rings (SSSR count). The quantitative estimate of drug-likeness (QED) is 0.623. The van der Waals surface area contributed by atoms with E-state index in [1.54, 1.807) is 24.3 Å². The van der Waals surface area contributed by atoms with E-state index in [9.17, 15) is 4.79 Å². The highest BCUT2D eigenvalue weighted by Gasteiger charge is 2.72. The molecule has 1 aromatic rings. The molecule has 1 heterocycles. The molecule has 1 aromatic carbocycles. The monoisotopic (exact) mass is 283 g/mol. The van der Waals surface area contributed by atoms with E-state index >= 15 is 0 Å². The average molecular weight is 283 g/mol. The Morgan fingerprint density at radius 1 is 1.14 bits per heavy atom. The van der Waals surface area contributed by atoms with E-state index in [2.05, 4.69) is 0 Å². The van der Waals surface area contributed by atoms with Crippen LogP contribution in [0, 0.1) is 0 Å². The summed E-state index contributed by atoms with van der Waals surface area (Å²) in [5.41, 5.74) is 5.93. The first-order valence-corrected chi connectivity index (χ1v) is 6.95. The summed E-state index contributed by atoms with van der Waals surface area (Å²) in [6.45, 7) is 0. The van der Waals surface area contributed by atoms with Gasteiger partial charge in [0.15, 0.2) is 5.78 Å². The van der Waals surface area contributed by atoms with Crippen LogP contribution in [0.15, 0.2) is 24.3 Å². The van der Waals surface area contributed by atoms with Gasteiger partial charge in [0, 0.05) is 0 Å². The van der Waals surface area contributed by atoms with E-state index in [4.69, 9.17) is 56.4 Å². The van der Waals surface area contributed by atoms with Crippen molar-refractivity contribution in [3.05, 3.63) is 29.8 Å². The van der Waals surface area contributed by atoms with Crippen molar-refractivity contribution in [3.63, 3.8) is 0 Å². The van der Waals surface area contributed by atoms with E-state index in [1.807, 2.05) is 0 Å². The van der Waals surface area contributed by atoms with Gasteiger partial charge in [0.1, 0.15) is 0 Å². The van der Waals surface area contributed by atoms with E-state index < -0.39 is 33.1 Å². The molecule has 1 fully saturated rings. The van der Waals surface area contributed by atoms with Crippen molar-refractivity contribution < 1.29 is 4.79 Å². The summed E-state index contributed by atoms with van der Waals surface area (Å²) in [6, 6.07) is 6.97. The van der Waals surface area contributed by atoms with E-state index in [0.29, 0.717) is 11.0 Å². The number of hydrogen-bond donors (Lipinski definition) is 1. The molecule has 2 aliphatic rings. The minimum absolute atomic E-state index is 0.284. The Labute approximate surface area is 136 Å². The van der Waals surface area contributed by atoms with Gasteiger partial charge in [-0.15, -0.1) is 10.4 Å². The van der Waals surface area contributed by atoms with Crippen LogP contribution in [0.3, 0.4) is 0 Å². The fraction of sp³-hybridized carbons (Fsp3) is 0.417. The number of benzene rings is 1. The minimum atomic E-state index is -1.84. The summed E-state index contributed by atoms with van der Waals surface area (Å²) in [5.74, 6) is -0.419. The molecule has 0 spiro atoms. The number of fused-ring (bicyclic) bond motifs is 3. The van der Waals surface area contributed by atoms with Crippen LogP contribution in [0.2, 0.25) is 15.6 Å². The highest BCUT2D eigenvalue weighted by atomic mass is 35.5. The molecule has 0 saturated heterocycles. The van der Waals surface area contributed by atoms with Crippen LogP contribution < -0.4 is 11.2 Å². The molecular weight excluding hydrogens is 274 g/mol. The highest BCUT2D eigenvalue weighted by Crippen LogP contribution is 2.72. The second-order valence-corrected chi connectivity index (χ2v) is 6.57. The fourth-order valence-corrected chi connectivity index (χ4v) is 4.14. The molecule has 0 aromatic heterocycles. The van der Waals surface area contributed by atoms with Crippen LogP contribution in [-0.4, -0.2) is 51.1 Å². The Bertz CT molecular complexity index is 652. The van der Waals surface area contributed by atoms with E-state index in [1.165, 1.54) is 0 Å². The number of ketones is 1. The summed E-state index contributed by atoms with van der Waals surface area (Å²) in [4.78, 5) is 12.7. The van der Waals surface area contributed by atoms with Crippen LogP contribution in [0.4, 0.5) is 0 Å². The zero-order valence-electron chi connectivity index (χ0n) is 11.3. The van der Waals surface area contributed by atoms with Gasteiger partial charge in [0.05, 0.1) is 44.8 Å². The van der Waals surface area contributed by atoms with Crippen LogP contribution in [-0.2, 0) is 10.3 Å². The number of Topliss-reactive ketones (excluding diaryl/α,β-unsaturated/α-hetero) is 1. The largest absolute Gasteiger partial charge is 0.316 e. The van der Waals surface area contributed by atoms with E-state index in [-0.39, 0.29) is 6.42 Å². The lowest BCUT2D eigenvalue weighted by molar-refractivity contribution is -0.127. The second-order valence-electron chi connectivity index (χ2n) is 6.14. The first-order chi connectivity index (χ1) is 9.52. The SMILES string of the molecule is [B]C1([B])CC(=O)C2(N)c3ccccc3B(Cl)C2([B])C1([B])[B]. The average Bonchev–Trinajstić information content (AvgIpc) is 2.59. The minimum Gasteiger partial charge on any atom is -0.316 e.